The van der Waals surface area contributed by atoms with Crippen molar-refractivity contribution in [2.75, 3.05) is 38.5 Å². The summed E-state index contributed by atoms with van der Waals surface area (Å²) in [5.41, 5.74) is 8.08. The maximum atomic E-state index is 5.82. The lowest BCUT2D eigenvalue weighted by atomic mass is 10.1. The second-order valence-electron chi connectivity index (χ2n) is 5.98. The van der Waals surface area contributed by atoms with E-state index < -0.39 is 0 Å². The Morgan fingerprint density at radius 2 is 2.16 bits per heavy atom. The molecule has 1 unspecified atom stereocenters. The van der Waals surface area contributed by atoms with Crippen molar-refractivity contribution < 1.29 is 0 Å². The van der Waals surface area contributed by atoms with Crippen molar-refractivity contribution >= 4 is 5.69 Å². The Hall–Kier alpha value is -1.06. The average molecular weight is 259 g/mol. The van der Waals surface area contributed by atoms with E-state index in [4.69, 9.17) is 5.73 Å². The first-order chi connectivity index (χ1) is 9.31. The molecule has 0 amide bonds. The Kier molecular flexibility index (Phi) is 4.04. The molecule has 2 aliphatic heterocycles. The van der Waals surface area contributed by atoms with Gasteiger partial charge in [0, 0.05) is 31.4 Å². The van der Waals surface area contributed by atoms with Gasteiger partial charge in [0.1, 0.15) is 0 Å². The number of nitrogens with two attached hydrogens (primary N) is 1. The van der Waals surface area contributed by atoms with Crippen LogP contribution < -0.4 is 5.73 Å². The highest BCUT2D eigenvalue weighted by Crippen LogP contribution is 2.21. The number of nitrogens with zero attached hydrogens (tertiary/aromatic N) is 2. The maximum absolute atomic E-state index is 5.82. The number of benzene rings is 1. The van der Waals surface area contributed by atoms with Crippen LogP contribution in [0.3, 0.4) is 0 Å². The van der Waals surface area contributed by atoms with Gasteiger partial charge in [0.15, 0.2) is 0 Å². The summed E-state index contributed by atoms with van der Waals surface area (Å²) in [7, 11) is 0. The molecule has 1 atom stereocenters. The van der Waals surface area contributed by atoms with E-state index >= 15 is 0 Å². The molecule has 0 radical (unpaired) electrons. The monoisotopic (exact) mass is 259 g/mol. The summed E-state index contributed by atoms with van der Waals surface area (Å²) >= 11 is 0. The Balaban J connectivity index is 1.43. The summed E-state index contributed by atoms with van der Waals surface area (Å²) in [6.45, 7) is 6.40. The molecule has 3 nitrogen and oxygen atoms in total. The number of piperazine rings is 1. The molecule has 19 heavy (non-hydrogen) atoms. The zero-order valence-corrected chi connectivity index (χ0v) is 11.7. The molecule has 0 bridgehead atoms. The molecule has 2 fully saturated rings. The molecule has 0 aliphatic carbocycles. The molecular weight excluding hydrogens is 234 g/mol. The Bertz CT molecular complexity index is 418. The molecule has 1 aromatic carbocycles. The molecule has 3 heteroatoms. The van der Waals surface area contributed by atoms with Crippen LogP contribution in [0.2, 0.25) is 0 Å². The summed E-state index contributed by atoms with van der Waals surface area (Å²) in [5.74, 6) is 0. The zero-order chi connectivity index (χ0) is 13.1. The Morgan fingerprint density at radius 3 is 3.05 bits per heavy atom. The molecular formula is C16H25N3. The number of fused-ring (bicyclic) bond motifs is 1. The van der Waals surface area contributed by atoms with Crippen LogP contribution in [0.4, 0.5) is 5.69 Å². The van der Waals surface area contributed by atoms with Gasteiger partial charge in [-0.3, -0.25) is 4.90 Å². The second-order valence-corrected chi connectivity index (χ2v) is 5.98. The first-order valence-corrected chi connectivity index (χ1v) is 7.62. The summed E-state index contributed by atoms with van der Waals surface area (Å²) < 4.78 is 0. The van der Waals surface area contributed by atoms with Crippen LogP contribution in [0.1, 0.15) is 24.8 Å². The van der Waals surface area contributed by atoms with Crippen LogP contribution in [-0.2, 0) is 6.42 Å². The highest BCUT2D eigenvalue weighted by Gasteiger charge is 2.29. The van der Waals surface area contributed by atoms with Crippen LogP contribution in [0.15, 0.2) is 24.3 Å². The minimum atomic E-state index is 0.848. The average Bonchev–Trinajstić information content (AvgIpc) is 2.86. The molecule has 2 saturated heterocycles. The molecule has 0 aromatic heterocycles. The van der Waals surface area contributed by atoms with E-state index in [0.29, 0.717) is 0 Å². The Labute approximate surface area is 116 Å². The van der Waals surface area contributed by atoms with Gasteiger partial charge in [0.2, 0.25) is 0 Å². The summed E-state index contributed by atoms with van der Waals surface area (Å²) in [4.78, 5) is 5.33. The summed E-state index contributed by atoms with van der Waals surface area (Å²) in [6, 6.07) is 9.16. The lowest BCUT2D eigenvalue weighted by molar-refractivity contribution is 0.104. The van der Waals surface area contributed by atoms with E-state index in [1.807, 2.05) is 6.07 Å². The molecule has 2 aliphatic rings. The van der Waals surface area contributed by atoms with Crippen molar-refractivity contribution in [3.63, 3.8) is 0 Å². The van der Waals surface area contributed by atoms with Crippen LogP contribution in [0.5, 0.6) is 0 Å². The number of nitrogen functional groups attached to an aromatic ring is 1. The topological polar surface area (TPSA) is 32.5 Å². The van der Waals surface area contributed by atoms with Crippen LogP contribution in [0, 0.1) is 0 Å². The predicted molar refractivity (Wildman–Crippen MR) is 80.2 cm³/mol. The number of anilines is 1. The van der Waals surface area contributed by atoms with E-state index in [2.05, 4.69) is 28.0 Å². The van der Waals surface area contributed by atoms with E-state index in [9.17, 15) is 0 Å². The van der Waals surface area contributed by atoms with Gasteiger partial charge < -0.3 is 10.6 Å². The highest BCUT2D eigenvalue weighted by molar-refractivity contribution is 5.40. The normalized spacial score (nSPS) is 24.5. The van der Waals surface area contributed by atoms with Crippen molar-refractivity contribution in [3.8, 4) is 0 Å². The number of hydrogen-bond acceptors (Lipinski definition) is 3. The van der Waals surface area contributed by atoms with Gasteiger partial charge in [-0.05, 0) is 56.5 Å². The first kappa shape index (κ1) is 12.9. The number of hydrogen-bond donors (Lipinski definition) is 1. The summed E-state index contributed by atoms with van der Waals surface area (Å²) in [6.07, 6.45) is 5.21. The SMILES string of the molecule is Nc1cccc(CCCN2CCN3CCCC3C2)c1. The third-order valence-electron chi connectivity index (χ3n) is 4.56. The lowest BCUT2D eigenvalue weighted by Gasteiger charge is -2.37. The van der Waals surface area contributed by atoms with Crippen LogP contribution in [0.25, 0.3) is 0 Å². The van der Waals surface area contributed by atoms with Gasteiger partial charge in [-0.15, -0.1) is 0 Å². The molecule has 0 spiro atoms. The van der Waals surface area contributed by atoms with Gasteiger partial charge in [-0.2, -0.15) is 0 Å². The third kappa shape index (κ3) is 3.28. The standard InChI is InChI=1S/C16H25N3/c17-15-6-1-4-14(12-15)5-2-8-18-10-11-19-9-3-7-16(19)13-18/h1,4,6,12,16H,2-3,5,7-11,13,17H2. The molecule has 2 heterocycles. The van der Waals surface area contributed by atoms with Crippen molar-refractivity contribution in [1.82, 2.24) is 9.80 Å². The van der Waals surface area contributed by atoms with Crippen molar-refractivity contribution in [3.05, 3.63) is 29.8 Å². The van der Waals surface area contributed by atoms with Crippen molar-refractivity contribution in [2.24, 2.45) is 0 Å². The first-order valence-electron chi connectivity index (χ1n) is 7.62. The number of rotatable bonds is 4. The van der Waals surface area contributed by atoms with Crippen molar-refractivity contribution in [2.45, 2.75) is 31.7 Å². The molecule has 104 valence electrons. The minimum absolute atomic E-state index is 0.848. The van der Waals surface area contributed by atoms with Gasteiger partial charge in [0.05, 0.1) is 0 Å². The minimum Gasteiger partial charge on any atom is -0.399 e. The quantitative estimate of drug-likeness (QED) is 0.839. The highest BCUT2D eigenvalue weighted by atomic mass is 15.3. The fourth-order valence-corrected chi connectivity index (χ4v) is 3.51. The lowest BCUT2D eigenvalue weighted by Crippen LogP contribution is -2.50. The molecule has 0 saturated carbocycles. The molecule has 3 rings (SSSR count). The molecule has 1 aromatic rings. The van der Waals surface area contributed by atoms with Crippen molar-refractivity contribution in [1.29, 1.82) is 0 Å². The van der Waals surface area contributed by atoms with Gasteiger partial charge in [0.25, 0.3) is 0 Å². The van der Waals surface area contributed by atoms with Gasteiger partial charge in [-0.25, -0.2) is 0 Å². The van der Waals surface area contributed by atoms with Gasteiger partial charge >= 0.3 is 0 Å². The van der Waals surface area contributed by atoms with E-state index in [1.165, 1.54) is 57.5 Å². The fraction of sp³-hybridized carbons (Fsp3) is 0.625. The second kappa shape index (κ2) is 5.93. The van der Waals surface area contributed by atoms with Crippen LogP contribution in [-0.4, -0.2) is 48.6 Å². The zero-order valence-electron chi connectivity index (χ0n) is 11.7. The fourth-order valence-electron chi connectivity index (χ4n) is 3.51. The smallest absolute Gasteiger partial charge is 0.0316 e. The largest absolute Gasteiger partial charge is 0.399 e. The van der Waals surface area contributed by atoms with E-state index in [-0.39, 0.29) is 0 Å². The number of aryl methyl sites for hydroxylation is 1. The van der Waals surface area contributed by atoms with Crippen LogP contribution >= 0.6 is 0 Å². The predicted octanol–water partition coefficient (Wildman–Crippen LogP) is 1.98. The van der Waals surface area contributed by atoms with E-state index in [1.54, 1.807) is 0 Å². The summed E-state index contributed by atoms with van der Waals surface area (Å²) in [5, 5.41) is 0. The third-order valence-corrected chi connectivity index (χ3v) is 4.56. The maximum Gasteiger partial charge on any atom is 0.0316 e. The van der Waals surface area contributed by atoms with Gasteiger partial charge in [-0.1, -0.05) is 12.1 Å². The molecule has 2 N–H and O–H groups in total. The Morgan fingerprint density at radius 1 is 1.21 bits per heavy atom. The van der Waals surface area contributed by atoms with E-state index in [0.717, 1.165) is 18.2 Å².